The maximum atomic E-state index is 12.4. The van der Waals surface area contributed by atoms with E-state index in [9.17, 15) is 8.42 Å². The van der Waals surface area contributed by atoms with Crippen LogP contribution in [0.3, 0.4) is 0 Å². The van der Waals surface area contributed by atoms with Crippen LogP contribution in [-0.2, 0) is 21.4 Å². The maximum Gasteiger partial charge on any atom is 0.243 e. The smallest absolute Gasteiger partial charge is 0.208 e. The van der Waals surface area contributed by atoms with E-state index in [1.807, 2.05) is 13.8 Å². The summed E-state index contributed by atoms with van der Waals surface area (Å²) in [5.74, 6) is 0.197. The minimum absolute atomic E-state index is 0.161. The normalized spacial score (nSPS) is 16.8. The van der Waals surface area contributed by atoms with E-state index in [0.29, 0.717) is 11.4 Å². The number of benzene rings is 1. The van der Waals surface area contributed by atoms with Crippen LogP contribution in [0, 0.1) is 5.92 Å². The fourth-order valence-electron chi connectivity index (χ4n) is 1.56. The first-order chi connectivity index (χ1) is 8.95. The average molecular weight is 364 g/mol. The van der Waals surface area contributed by atoms with Gasteiger partial charge in [-0.05, 0) is 25.0 Å². The van der Waals surface area contributed by atoms with E-state index in [-0.39, 0.29) is 16.9 Å². The van der Waals surface area contributed by atoms with Crippen molar-refractivity contribution in [3.63, 3.8) is 0 Å². The van der Waals surface area contributed by atoms with Crippen molar-refractivity contribution in [1.82, 2.24) is 4.72 Å². The Hall–Kier alpha value is -0.570. The molecule has 0 bridgehead atoms. The molecule has 0 aliphatic carbocycles. The first-order valence-electron chi connectivity index (χ1n) is 5.75. The van der Waals surface area contributed by atoms with Crippen molar-refractivity contribution in [2.24, 2.45) is 14.6 Å². The molecular formula is C11H14BrN3O2S2. The van der Waals surface area contributed by atoms with Crippen LogP contribution in [0.4, 0.5) is 11.4 Å². The molecule has 0 amide bonds. The molecule has 8 heteroatoms. The summed E-state index contributed by atoms with van der Waals surface area (Å²) in [5.41, 5.74) is 1.03. The second-order valence-electron chi connectivity index (χ2n) is 4.43. The van der Waals surface area contributed by atoms with Crippen LogP contribution >= 0.6 is 15.9 Å². The highest BCUT2D eigenvalue weighted by molar-refractivity contribution is 9.09. The number of hydrogen-bond donors (Lipinski definition) is 1. The lowest BCUT2D eigenvalue weighted by Crippen LogP contribution is -2.37. The lowest BCUT2D eigenvalue weighted by molar-refractivity contribution is 0.484. The number of nitrogens with zero attached hydrogens (tertiary/aromatic N) is 2. The van der Waals surface area contributed by atoms with E-state index in [1.165, 1.54) is 0 Å². The number of hydrogen-bond acceptors (Lipinski definition) is 4. The van der Waals surface area contributed by atoms with Gasteiger partial charge in [0.1, 0.15) is 16.3 Å². The second-order valence-corrected chi connectivity index (χ2v) is 7.29. The topological polar surface area (TPSA) is 70.9 Å². The van der Waals surface area contributed by atoms with Gasteiger partial charge in [0.15, 0.2) is 0 Å². The van der Waals surface area contributed by atoms with Gasteiger partial charge in [-0.25, -0.2) is 13.1 Å². The molecule has 0 fully saturated rings. The van der Waals surface area contributed by atoms with Crippen molar-refractivity contribution in [3.8, 4) is 0 Å². The van der Waals surface area contributed by atoms with Crippen molar-refractivity contribution in [2.45, 2.75) is 24.8 Å². The van der Waals surface area contributed by atoms with Gasteiger partial charge < -0.3 is 0 Å². The van der Waals surface area contributed by atoms with Gasteiger partial charge in [-0.3, -0.25) is 0 Å². The Kier molecular flexibility index (Phi) is 4.54. The molecule has 1 heterocycles. The molecule has 2 atom stereocenters. The summed E-state index contributed by atoms with van der Waals surface area (Å²) in [4.78, 5) is 0.187. The molecule has 0 saturated carbocycles. The van der Waals surface area contributed by atoms with E-state index in [4.69, 9.17) is 0 Å². The van der Waals surface area contributed by atoms with Gasteiger partial charge in [0.25, 0.3) is 0 Å². The van der Waals surface area contributed by atoms with Crippen LogP contribution in [-0.4, -0.2) is 19.8 Å². The van der Waals surface area contributed by atoms with Gasteiger partial charge in [0.05, 0.1) is 11.4 Å². The predicted octanol–water partition coefficient (Wildman–Crippen LogP) is 3.11. The molecule has 2 rings (SSSR count). The lowest BCUT2D eigenvalue weighted by atomic mass is 10.1. The monoisotopic (exact) mass is 363 g/mol. The molecule has 19 heavy (non-hydrogen) atoms. The fraction of sp³-hybridized carbons (Fsp3) is 0.455. The number of alkyl halides is 1. The first-order valence-corrected chi connectivity index (χ1v) is 9.09. The standard InChI is InChI=1S/C11H14BrN3O2S2/c1-7(6-12)8(2)15-19(16,17)10-5-3-4-9-11(10)14-18-13-9/h3-5,7-8,15H,6H2,1-2H3. The summed E-state index contributed by atoms with van der Waals surface area (Å²) >= 11 is 4.37. The zero-order valence-electron chi connectivity index (χ0n) is 10.5. The van der Waals surface area contributed by atoms with E-state index < -0.39 is 10.0 Å². The van der Waals surface area contributed by atoms with Gasteiger partial charge in [0.2, 0.25) is 10.0 Å². The molecule has 104 valence electrons. The largest absolute Gasteiger partial charge is 0.243 e. The van der Waals surface area contributed by atoms with Gasteiger partial charge >= 0.3 is 0 Å². The van der Waals surface area contributed by atoms with Crippen molar-refractivity contribution in [2.75, 3.05) is 5.33 Å². The molecule has 1 aromatic carbocycles. The molecule has 0 spiro atoms. The average Bonchev–Trinajstić information content (AvgIpc) is 2.84. The molecule has 1 N–H and O–H groups in total. The van der Waals surface area contributed by atoms with Gasteiger partial charge in [-0.2, -0.15) is 8.73 Å². The second kappa shape index (κ2) is 5.82. The van der Waals surface area contributed by atoms with E-state index in [0.717, 1.165) is 16.7 Å². The van der Waals surface area contributed by atoms with Gasteiger partial charge in [0, 0.05) is 11.4 Å². The molecule has 2 unspecified atom stereocenters. The summed E-state index contributed by atoms with van der Waals surface area (Å²) in [5, 5.41) is 0.735. The highest BCUT2D eigenvalue weighted by atomic mass is 79.9. The Morgan fingerprint density at radius 1 is 1.37 bits per heavy atom. The predicted molar refractivity (Wildman–Crippen MR) is 80.7 cm³/mol. The summed E-state index contributed by atoms with van der Waals surface area (Å²) in [7, 11) is -3.58. The molecule has 1 aromatic rings. The molecule has 1 aliphatic rings. The quantitative estimate of drug-likeness (QED) is 0.828. The highest BCUT2D eigenvalue weighted by Gasteiger charge is 2.25. The van der Waals surface area contributed by atoms with Crippen LogP contribution in [0.5, 0.6) is 0 Å². The molecular weight excluding hydrogens is 350 g/mol. The molecule has 1 aliphatic heterocycles. The number of rotatable bonds is 5. The van der Waals surface area contributed by atoms with Crippen LogP contribution in [0.2, 0.25) is 0 Å². The maximum absolute atomic E-state index is 12.4. The van der Waals surface area contributed by atoms with Crippen molar-refractivity contribution in [1.29, 1.82) is 0 Å². The van der Waals surface area contributed by atoms with E-state index in [1.54, 1.807) is 18.2 Å². The number of sulfonamides is 1. The Morgan fingerprint density at radius 2 is 2.11 bits per heavy atom. The van der Waals surface area contributed by atoms with Crippen LogP contribution in [0.25, 0.3) is 0 Å². The fourth-order valence-corrected chi connectivity index (χ4v) is 4.24. The Balaban J connectivity index is 2.32. The first kappa shape index (κ1) is 14.8. The summed E-state index contributed by atoms with van der Waals surface area (Å²) in [6, 6.07) is 4.82. The third-order valence-corrected chi connectivity index (χ3v) is 6.13. The number of fused-ring (bicyclic) bond motifs is 1. The summed E-state index contributed by atoms with van der Waals surface area (Å²) in [6.45, 7) is 3.83. The van der Waals surface area contributed by atoms with Gasteiger partial charge in [-0.15, -0.1) is 0 Å². The van der Waals surface area contributed by atoms with Crippen molar-refractivity contribution in [3.05, 3.63) is 18.2 Å². The third-order valence-electron chi connectivity index (χ3n) is 2.98. The minimum Gasteiger partial charge on any atom is -0.208 e. The van der Waals surface area contributed by atoms with Gasteiger partial charge in [-0.1, -0.05) is 28.9 Å². The summed E-state index contributed by atoms with van der Waals surface area (Å²) < 4.78 is 35.6. The Morgan fingerprint density at radius 3 is 2.79 bits per heavy atom. The molecule has 0 saturated heterocycles. The zero-order valence-corrected chi connectivity index (χ0v) is 13.7. The Bertz CT molecular complexity index is 654. The molecule has 0 radical (unpaired) electrons. The van der Waals surface area contributed by atoms with Crippen LogP contribution in [0.15, 0.2) is 31.8 Å². The SMILES string of the molecule is CC(CBr)C(C)NS(=O)(=O)c1cccc2c1N=S=N2. The third kappa shape index (κ3) is 3.13. The number of halogens is 1. The lowest BCUT2D eigenvalue weighted by Gasteiger charge is -2.19. The van der Waals surface area contributed by atoms with Crippen molar-refractivity contribution < 1.29 is 8.42 Å². The van der Waals surface area contributed by atoms with Crippen LogP contribution < -0.4 is 4.72 Å². The summed E-state index contributed by atoms with van der Waals surface area (Å²) in [6.07, 6.45) is 0. The van der Waals surface area contributed by atoms with E-state index >= 15 is 0 Å². The van der Waals surface area contributed by atoms with Crippen LogP contribution in [0.1, 0.15) is 13.8 Å². The Labute approximate surface area is 124 Å². The van der Waals surface area contributed by atoms with Crippen molar-refractivity contribution >= 4 is 48.7 Å². The minimum atomic E-state index is -3.58. The molecule has 5 nitrogen and oxygen atoms in total. The highest BCUT2D eigenvalue weighted by Crippen LogP contribution is 2.37. The zero-order chi connectivity index (χ0) is 14.0. The molecule has 0 aromatic heterocycles. The number of nitrogens with one attached hydrogen (secondary N) is 1. The van der Waals surface area contributed by atoms with E-state index in [2.05, 4.69) is 29.4 Å².